The molecule has 3 heteroatoms. The quantitative estimate of drug-likeness (QED) is 0.863. The van der Waals surface area contributed by atoms with E-state index in [1.54, 1.807) is 16.8 Å². The maximum atomic E-state index is 12.1. The van der Waals surface area contributed by atoms with E-state index in [-0.39, 0.29) is 17.0 Å². The fourth-order valence-corrected chi connectivity index (χ4v) is 3.15. The minimum Gasteiger partial charge on any atom is -0.390 e. The van der Waals surface area contributed by atoms with Gasteiger partial charge in [-0.25, -0.2) is 0 Å². The van der Waals surface area contributed by atoms with E-state index in [4.69, 9.17) is 0 Å². The molecule has 0 amide bonds. The molecule has 1 N–H and O–H groups in total. The molecule has 3 nitrogen and oxygen atoms in total. The SMILES string of the molecule is CC1(C)Cc2ccccc2C(n2ccccc2=O)C1O. The molecule has 0 saturated heterocycles. The Hall–Kier alpha value is -1.87. The fourth-order valence-electron chi connectivity index (χ4n) is 3.15. The van der Waals surface area contributed by atoms with Gasteiger partial charge in [-0.05, 0) is 29.0 Å². The third-order valence-electron chi connectivity index (χ3n) is 4.27. The van der Waals surface area contributed by atoms with Crippen molar-refractivity contribution < 1.29 is 5.11 Å². The third-order valence-corrected chi connectivity index (χ3v) is 4.27. The maximum Gasteiger partial charge on any atom is 0.251 e. The number of fused-ring (bicyclic) bond motifs is 1. The Balaban J connectivity index is 2.23. The van der Waals surface area contributed by atoms with Crippen LogP contribution in [0.15, 0.2) is 53.5 Å². The fraction of sp³-hybridized carbons (Fsp3) is 0.353. The van der Waals surface area contributed by atoms with Gasteiger partial charge in [0.05, 0.1) is 12.1 Å². The standard InChI is InChI=1S/C17H19NO2/c1-17(2)11-12-7-3-4-8-13(12)15(16(17)20)18-10-6-5-9-14(18)19/h3-10,15-16,20H,11H2,1-2H3. The highest BCUT2D eigenvalue weighted by Crippen LogP contribution is 2.42. The minimum absolute atomic E-state index is 0.0796. The molecule has 1 aromatic heterocycles. The summed E-state index contributed by atoms with van der Waals surface area (Å²) in [7, 11) is 0. The van der Waals surface area contributed by atoms with Crippen LogP contribution in [0, 0.1) is 5.41 Å². The number of benzene rings is 1. The second-order valence-electron chi connectivity index (χ2n) is 6.20. The second kappa shape index (κ2) is 4.60. The summed E-state index contributed by atoms with van der Waals surface area (Å²) in [6.07, 6.45) is 1.99. The first kappa shape index (κ1) is 13.1. The van der Waals surface area contributed by atoms with Crippen LogP contribution in [0.3, 0.4) is 0 Å². The van der Waals surface area contributed by atoms with Crippen LogP contribution in [-0.2, 0) is 6.42 Å². The Morgan fingerprint density at radius 3 is 2.60 bits per heavy atom. The summed E-state index contributed by atoms with van der Waals surface area (Å²) in [5.41, 5.74) is 1.93. The van der Waals surface area contributed by atoms with Crippen molar-refractivity contribution in [2.24, 2.45) is 5.41 Å². The molecule has 3 rings (SSSR count). The Morgan fingerprint density at radius 2 is 1.85 bits per heavy atom. The molecule has 2 atom stereocenters. The molecule has 0 fully saturated rings. The summed E-state index contributed by atoms with van der Waals surface area (Å²) in [6, 6.07) is 12.9. The highest BCUT2D eigenvalue weighted by molar-refractivity contribution is 5.36. The van der Waals surface area contributed by atoms with Crippen molar-refractivity contribution in [2.75, 3.05) is 0 Å². The number of aromatic nitrogens is 1. The van der Waals surface area contributed by atoms with E-state index in [1.807, 2.05) is 24.3 Å². The molecular weight excluding hydrogens is 250 g/mol. The number of rotatable bonds is 1. The molecular formula is C17H19NO2. The summed E-state index contributed by atoms with van der Waals surface area (Å²) in [5, 5.41) is 10.8. The van der Waals surface area contributed by atoms with E-state index in [9.17, 15) is 9.90 Å². The summed E-state index contributed by atoms with van der Waals surface area (Å²) in [5.74, 6) is 0. The van der Waals surface area contributed by atoms with Gasteiger partial charge in [0.2, 0.25) is 0 Å². The zero-order valence-corrected chi connectivity index (χ0v) is 11.8. The Labute approximate surface area is 118 Å². The first-order valence-electron chi connectivity index (χ1n) is 6.94. The van der Waals surface area contributed by atoms with Gasteiger partial charge < -0.3 is 9.67 Å². The largest absolute Gasteiger partial charge is 0.390 e. The van der Waals surface area contributed by atoms with Crippen molar-refractivity contribution in [1.82, 2.24) is 4.57 Å². The summed E-state index contributed by atoms with van der Waals surface area (Å²) in [6.45, 7) is 4.10. The molecule has 1 aliphatic carbocycles. The first-order chi connectivity index (χ1) is 9.50. The molecule has 2 unspecified atom stereocenters. The maximum absolute atomic E-state index is 12.1. The van der Waals surface area contributed by atoms with Crippen LogP contribution in [0.1, 0.15) is 31.0 Å². The van der Waals surface area contributed by atoms with Crippen LogP contribution in [0.2, 0.25) is 0 Å². The van der Waals surface area contributed by atoms with Gasteiger partial charge in [-0.1, -0.05) is 44.2 Å². The van der Waals surface area contributed by atoms with E-state index < -0.39 is 6.10 Å². The Bertz CT molecular complexity index is 687. The number of nitrogens with zero attached hydrogens (tertiary/aromatic N) is 1. The van der Waals surface area contributed by atoms with Crippen LogP contribution in [0.4, 0.5) is 0 Å². The average Bonchev–Trinajstić information content (AvgIpc) is 2.41. The van der Waals surface area contributed by atoms with Gasteiger partial charge in [-0.15, -0.1) is 0 Å². The van der Waals surface area contributed by atoms with Gasteiger partial charge in [0.25, 0.3) is 5.56 Å². The van der Waals surface area contributed by atoms with Crippen molar-refractivity contribution in [3.8, 4) is 0 Å². The zero-order chi connectivity index (χ0) is 14.3. The molecule has 0 aliphatic heterocycles. The van der Waals surface area contributed by atoms with Crippen LogP contribution in [-0.4, -0.2) is 15.8 Å². The molecule has 2 aromatic rings. The van der Waals surface area contributed by atoms with Gasteiger partial charge in [-0.3, -0.25) is 4.79 Å². The van der Waals surface area contributed by atoms with Crippen LogP contribution < -0.4 is 5.56 Å². The number of aliphatic hydroxyl groups excluding tert-OH is 1. The van der Waals surface area contributed by atoms with Gasteiger partial charge >= 0.3 is 0 Å². The van der Waals surface area contributed by atoms with Crippen molar-refractivity contribution in [2.45, 2.75) is 32.4 Å². The minimum atomic E-state index is -0.586. The number of hydrogen-bond donors (Lipinski definition) is 1. The lowest BCUT2D eigenvalue weighted by atomic mass is 9.69. The van der Waals surface area contributed by atoms with Crippen molar-refractivity contribution in [3.05, 3.63) is 70.1 Å². The van der Waals surface area contributed by atoms with E-state index in [0.29, 0.717) is 0 Å². The first-order valence-corrected chi connectivity index (χ1v) is 6.94. The zero-order valence-electron chi connectivity index (χ0n) is 11.8. The number of aliphatic hydroxyl groups is 1. The van der Waals surface area contributed by atoms with Gasteiger partial charge in [0.1, 0.15) is 0 Å². The highest BCUT2D eigenvalue weighted by Gasteiger charge is 2.41. The number of hydrogen-bond acceptors (Lipinski definition) is 2. The molecule has 20 heavy (non-hydrogen) atoms. The van der Waals surface area contributed by atoms with Crippen LogP contribution in [0.5, 0.6) is 0 Å². The number of pyridine rings is 1. The molecule has 0 spiro atoms. The second-order valence-corrected chi connectivity index (χ2v) is 6.20. The lowest BCUT2D eigenvalue weighted by Gasteiger charge is -2.42. The predicted octanol–water partition coefficient (Wildman–Crippen LogP) is 2.38. The summed E-state index contributed by atoms with van der Waals surface area (Å²) in [4.78, 5) is 12.1. The molecule has 0 radical (unpaired) electrons. The van der Waals surface area contributed by atoms with E-state index in [1.165, 1.54) is 11.6 Å². The van der Waals surface area contributed by atoms with Gasteiger partial charge in [0.15, 0.2) is 0 Å². The van der Waals surface area contributed by atoms with E-state index in [2.05, 4.69) is 19.9 Å². The molecule has 1 aliphatic rings. The van der Waals surface area contributed by atoms with Gasteiger partial charge in [-0.2, -0.15) is 0 Å². The van der Waals surface area contributed by atoms with Crippen molar-refractivity contribution >= 4 is 0 Å². The third kappa shape index (κ3) is 1.98. The summed E-state index contributed by atoms with van der Waals surface area (Å²) >= 11 is 0. The monoisotopic (exact) mass is 269 g/mol. The van der Waals surface area contributed by atoms with Crippen molar-refractivity contribution in [1.29, 1.82) is 0 Å². The molecule has 1 heterocycles. The predicted molar refractivity (Wildman–Crippen MR) is 78.8 cm³/mol. The summed E-state index contributed by atoms with van der Waals surface area (Å²) < 4.78 is 1.64. The van der Waals surface area contributed by atoms with Crippen molar-refractivity contribution in [3.63, 3.8) is 0 Å². The van der Waals surface area contributed by atoms with E-state index >= 15 is 0 Å². The topological polar surface area (TPSA) is 42.2 Å². The van der Waals surface area contributed by atoms with Gasteiger partial charge in [0, 0.05) is 12.3 Å². The molecule has 104 valence electrons. The van der Waals surface area contributed by atoms with E-state index in [0.717, 1.165) is 12.0 Å². The molecule has 1 aromatic carbocycles. The molecule has 0 saturated carbocycles. The highest BCUT2D eigenvalue weighted by atomic mass is 16.3. The van der Waals surface area contributed by atoms with Crippen LogP contribution in [0.25, 0.3) is 0 Å². The average molecular weight is 269 g/mol. The Morgan fingerprint density at radius 1 is 1.15 bits per heavy atom. The lowest BCUT2D eigenvalue weighted by Crippen LogP contribution is -2.45. The Kier molecular flexibility index (Phi) is 3.02. The molecule has 0 bridgehead atoms. The normalized spacial score (nSPS) is 24.1. The lowest BCUT2D eigenvalue weighted by molar-refractivity contribution is 0.00820. The smallest absolute Gasteiger partial charge is 0.251 e. The van der Waals surface area contributed by atoms with Crippen LogP contribution >= 0.6 is 0 Å².